The lowest BCUT2D eigenvalue weighted by Gasteiger charge is -2.02. The Morgan fingerprint density at radius 2 is 2.24 bits per heavy atom. The number of hydrogen-bond acceptors (Lipinski definition) is 4. The molecule has 2 N–H and O–H groups in total. The summed E-state index contributed by atoms with van der Waals surface area (Å²) in [6.07, 6.45) is 6.06. The topological polar surface area (TPSA) is 56.0 Å². The van der Waals surface area contributed by atoms with Gasteiger partial charge in [-0.15, -0.1) is 0 Å². The van der Waals surface area contributed by atoms with Gasteiger partial charge in [-0.05, 0) is 37.4 Å². The fourth-order valence-electron chi connectivity index (χ4n) is 1.40. The maximum Gasteiger partial charge on any atom is 0.237 e. The summed E-state index contributed by atoms with van der Waals surface area (Å²) in [5.41, 5.74) is 7.13. The summed E-state index contributed by atoms with van der Waals surface area (Å²) in [5.74, 6) is 0.772. The minimum Gasteiger partial charge on any atom is -0.330 e. The smallest absolute Gasteiger partial charge is 0.237 e. The molecule has 0 aromatic carbocycles. The summed E-state index contributed by atoms with van der Waals surface area (Å²) in [5, 5.41) is 0.0421. The largest absolute Gasteiger partial charge is 0.330 e. The van der Waals surface area contributed by atoms with Crippen LogP contribution in [0.3, 0.4) is 0 Å². The molecule has 0 saturated heterocycles. The molecule has 17 heavy (non-hydrogen) atoms. The third-order valence-corrected chi connectivity index (χ3v) is 3.40. The van der Waals surface area contributed by atoms with Crippen LogP contribution < -0.4 is 5.73 Å². The van der Waals surface area contributed by atoms with Crippen molar-refractivity contribution in [1.82, 2.24) is 4.98 Å². The van der Waals surface area contributed by atoms with Crippen molar-refractivity contribution in [2.75, 3.05) is 12.3 Å². The van der Waals surface area contributed by atoms with E-state index in [9.17, 15) is 4.79 Å². The number of aromatic nitrogens is 1. The van der Waals surface area contributed by atoms with Crippen molar-refractivity contribution < 1.29 is 4.79 Å². The van der Waals surface area contributed by atoms with Gasteiger partial charge < -0.3 is 5.73 Å². The molecule has 3 nitrogen and oxygen atoms in total. The SMILES string of the molecule is CCCCc1ccc(C(=O)SCCCN)nc1. The van der Waals surface area contributed by atoms with E-state index in [2.05, 4.69) is 11.9 Å². The van der Waals surface area contributed by atoms with Crippen LogP contribution in [0.25, 0.3) is 0 Å². The van der Waals surface area contributed by atoms with Gasteiger partial charge in [0.1, 0.15) is 5.69 Å². The Morgan fingerprint density at radius 1 is 1.41 bits per heavy atom. The number of pyridine rings is 1. The number of thioether (sulfide) groups is 1. The summed E-state index contributed by atoms with van der Waals surface area (Å²) in [4.78, 5) is 15.9. The number of nitrogens with zero attached hydrogens (tertiary/aromatic N) is 1. The molecule has 0 saturated carbocycles. The van der Waals surface area contributed by atoms with Crippen LogP contribution in [-0.2, 0) is 6.42 Å². The Labute approximate surface area is 107 Å². The first kappa shape index (κ1) is 14.2. The molecular weight excluding hydrogens is 232 g/mol. The predicted molar refractivity (Wildman–Crippen MR) is 73.3 cm³/mol. The first-order valence-electron chi connectivity index (χ1n) is 6.10. The van der Waals surface area contributed by atoms with Crippen molar-refractivity contribution in [2.24, 2.45) is 5.73 Å². The van der Waals surface area contributed by atoms with Gasteiger partial charge in [0.2, 0.25) is 5.12 Å². The van der Waals surface area contributed by atoms with E-state index in [1.165, 1.54) is 30.2 Å². The van der Waals surface area contributed by atoms with Gasteiger partial charge in [-0.1, -0.05) is 31.2 Å². The van der Waals surface area contributed by atoms with Gasteiger partial charge in [0, 0.05) is 11.9 Å². The molecule has 0 radical (unpaired) electrons. The highest BCUT2D eigenvalue weighted by atomic mass is 32.2. The van der Waals surface area contributed by atoms with Crippen molar-refractivity contribution in [3.8, 4) is 0 Å². The summed E-state index contributed by atoms with van der Waals surface area (Å²) in [7, 11) is 0. The van der Waals surface area contributed by atoms with E-state index in [0.29, 0.717) is 12.2 Å². The van der Waals surface area contributed by atoms with Crippen LogP contribution in [-0.4, -0.2) is 22.4 Å². The van der Waals surface area contributed by atoms with Crippen molar-refractivity contribution in [1.29, 1.82) is 0 Å². The Kier molecular flexibility index (Phi) is 6.89. The van der Waals surface area contributed by atoms with Crippen LogP contribution in [0, 0.1) is 0 Å². The van der Waals surface area contributed by atoms with Crippen LogP contribution in [0.15, 0.2) is 18.3 Å². The van der Waals surface area contributed by atoms with Gasteiger partial charge >= 0.3 is 0 Å². The maximum atomic E-state index is 11.7. The molecule has 4 heteroatoms. The number of hydrogen-bond donors (Lipinski definition) is 1. The molecule has 0 bridgehead atoms. The second-order valence-corrected chi connectivity index (χ2v) is 5.00. The molecule has 94 valence electrons. The van der Waals surface area contributed by atoms with E-state index in [1.54, 1.807) is 0 Å². The highest BCUT2D eigenvalue weighted by Gasteiger charge is 2.07. The summed E-state index contributed by atoms with van der Waals surface area (Å²) < 4.78 is 0. The monoisotopic (exact) mass is 252 g/mol. The van der Waals surface area contributed by atoms with Crippen LogP contribution in [0.5, 0.6) is 0 Å². The standard InChI is InChI=1S/C13H20N2OS/c1-2-3-5-11-6-7-12(15-10-11)13(16)17-9-4-8-14/h6-7,10H,2-5,8-9,14H2,1H3. The van der Waals surface area contributed by atoms with Crippen molar-refractivity contribution >= 4 is 16.9 Å². The fraction of sp³-hybridized carbons (Fsp3) is 0.538. The third-order valence-electron chi connectivity index (χ3n) is 2.43. The molecule has 0 unspecified atom stereocenters. The first-order chi connectivity index (χ1) is 8.27. The molecule has 1 rings (SSSR count). The van der Waals surface area contributed by atoms with E-state index in [1.807, 2.05) is 18.3 Å². The van der Waals surface area contributed by atoms with E-state index in [4.69, 9.17) is 5.73 Å². The van der Waals surface area contributed by atoms with E-state index in [-0.39, 0.29) is 5.12 Å². The summed E-state index contributed by atoms with van der Waals surface area (Å²) in [6.45, 7) is 2.79. The molecule has 0 amide bonds. The normalized spacial score (nSPS) is 10.5. The van der Waals surface area contributed by atoms with Crippen molar-refractivity contribution in [2.45, 2.75) is 32.6 Å². The maximum absolute atomic E-state index is 11.7. The van der Waals surface area contributed by atoms with E-state index >= 15 is 0 Å². The molecule has 0 spiro atoms. The fourth-order valence-corrected chi connectivity index (χ4v) is 2.16. The molecule has 1 aromatic rings. The molecular formula is C13H20N2OS. The minimum absolute atomic E-state index is 0.0421. The average Bonchev–Trinajstić information content (AvgIpc) is 2.37. The molecule has 1 heterocycles. The van der Waals surface area contributed by atoms with Crippen LogP contribution >= 0.6 is 11.8 Å². The number of carbonyl (C=O) groups excluding carboxylic acids is 1. The molecule has 0 aliphatic heterocycles. The Hall–Kier alpha value is -0.870. The van der Waals surface area contributed by atoms with Gasteiger partial charge in [0.25, 0.3) is 0 Å². The Morgan fingerprint density at radius 3 is 2.82 bits per heavy atom. The minimum atomic E-state index is 0.0421. The second kappa shape index (κ2) is 8.25. The molecule has 1 aromatic heterocycles. The van der Waals surface area contributed by atoms with Crippen molar-refractivity contribution in [3.05, 3.63) is 29.6 Å². The van der Waals surface area contributed by atoms with Gasteiger partial charge in [-0.3, -0.25) is 9.78 Å². The molecule has 0 atom stereocenters. The van der Waals surface area contributed by atoms with Crippen LogP contribution in [0.1, 0.15) is 42.2 Å². The number of rotatable bonds is 7. The lowest BCUT2D eigenvalue weighted by Crippen LogP contribution is -2.03. The first-order valence-corrected chi connectivity index (χ1v) is 7.08. The van der Waals surface area contributed by atoms with Gasteiger partial charge in [-0.25, -0.2) is 0 Å². The van der Waals surface area contributed by atoms with Gasteiger partial charge in [0.05, 0.1) is 0 Å². The highest BCUT2D eigenvalue weighted by Crippen LogP contribution is 2.12. The zero-order valence-electron chi connectivity index (χ0n) is 10.3. The Balaban J connectivity index is 2.46. The Bertz CT molecular complexity index is 338. The lowest BCUT2D eigenvalue weighted by molar-refractivity contribution is 0.108. The quantitative estimate of drug-likeness (QED) is 0.758. The van der Waals surface area contributed by atoms with E-state index < -0.39 is 0 Å². The van der Waals surface area contributed by atoms with Crippen LogP contribution in [0.4, 0.5) is 0 Å². The lowest BCUT2D eigenvalue weighted by atomic mass is 10.1. The molecule has 0 fully saturated rings. The van der Waals surface area contributed by atoms with Gasteiger partial charge in [-0.2, -0.15) is 0 Å². The number of aryl methyl sites for hydroxylation is 1. The number of unbranched alkanes of at least 4 members (excludes halogenated alkanes) is 1. The third kappa shape index (κ3) is 5.33. The van der Waals surface area contributed by atoms with Crippen molar-refractivity contribution in [3.63, 3.8) is 0 Å². The van der Waals surface area contributed by atoms with Crippen LogP contribution in [0.2, 0.25) is 0 Å². The average molecular weight is 252 g/mol. The highest BCUT2D eigenvalue weighted by molar-refractivity contribution is 8.14. The predicted octanol–water partition coefficient (Wildman–Crippen LogP) is 2.65. The van der Waals surface area contributed by atoms with E-state index in [0.717, 1.165) is 18.6 Å². The van der Waals surface area contributed by atoms with Gasteiger partial charge in [0.15, 0.2) is 0 Å². The second-order valence-electron chi connectivity index (χ2n) is 3.93. The molecule has 0 aliphatic carbocycles. The zero-order valence-corrected chi connectivity index (χ0v) is 11.1. The number of carbonyl (C=O) groups is 1. The number of nitrogens with two attached hydrogens (primary N) is 1. The summed E-state index contributed by atoms with van der Waals surface area (Å²) in [6, 6.07) is 3.82. The molecule has 0 aliphatic rings. The zero-order chi connectivity index (χ0) is 12.5. The summed E-state index contributed by atoms with van der Waals surface area (Å²) >= 11 is 1.30.